The van der Waals surface area contributed by atoms with Crippen molar-refractivity contribution >= 4 is 16.9 Å². The number of nitrogens with zero attached hydrogens (tertiary/aromatic N) is 3. The molecule has 3 saturated carbocycles. The molecule has 180 valence electrons. The van der Waals surface area contributed by atoms with Gasteiger partial charge in [-0.1, -0.05) is 6.92 Å². The van der Waals surface area contributed by atoms with Crippen LogP contribution in [0.1, 0.15) is 32.6 Å². The van der Waals surface area contributed by atoms with Crippen molar-refractivity contribution in [2.45, 2.75) is 38.6 Å². The van der Waals surface area contributed by atoms with E-state index in [0.29, 0.717) is 34.4 Å². The molecular weight excluding hydrogens is 458 g/mol. The van der Waals surface area contributed by atoms with E-state index in [4.69, 9.17) is 0 Å². The second-order valence-electron chi connectivity index (χ2n) is 9.64. The van der Waals surface area contributed by atoms with E-state index in [0.717, 1.165) is 31.2 Å². The fraction of sp³-hybridized carbons (Fsp3) is 0.346. The lowest BCUT2D eigenvalue weighted by Gasteiger charge is -2.47. The van der Waals surface area contributed by atoms with Crippen molar-refractivity contribution in [1.82, 2.24) is 19.9 Å². The minimum Gasteiger partial charge on any atom is -0.364 e. The molecule has 35 heavy (non-hydrogen) atoms. The van der Waals surface area contributed by atoms with Crippen LogP contribution < -0.4 is 5.32 Å². The summed E-state index contributed by atoms with van der Waals surface area (Å²) in [5, 5.41) is 3.77. The van der Waals surface area contributed by atoms with Crippen LogP contribution in [0.2, 0.25) is 0 Å². The summed E-state index contributed by atoms with van der Waals surface area (Å²) in [4.78, 5) is 15.9. The molecule has 2 unspecified atom stereocenters. The van der Waals surface area contributed by atoms with Gasteiger partial charge in [0.1, 0.15) is 17.2 Å². The van der Waals surface area contributed by atoms with Gasteiger partial charge in [-0.3, -0.25) is 0 Å². The molecule has 7 rings (SSSR count). The molecule has 3 aliphatic carbocycles. The Morgan fingerprint density at radius 2 is 1.71 bits per heavy atom. The quantitative estimate of drug-likeness (QED) is 0.328. The highest BCUT2D eigenvalue weighted by Gasteiger charge is 2.41. The Morgan fingerprint density at radius 1 is 0.943 bits per heavy atom. The number of H-pyrrole nitrogens is 1. The van der Waals surface area contributed by atoms with Gasteiger partial charge in [0.15, 0.2) is 29.1 Å². The van der Waals surface area contributed by atoms with Gasteiger partial charge in [-0.25, -0.2) is 32.5 Å². The van der Waals surface area contributed by atoms with E-state index in [9.17, 15) is 13.2 Å². The second kappa shape index (κ2) is 8.32. The molecule has 9 heteroatoms. The van der Waals surface area contributed by atoms with Crippen LogP contribution in [0.15, 0.2) is 36.7 Å². The highest BCUT2D eigenvalue weighted by Crippen LogP contribution is 2.46. The van der Waals surface area contributed by atoms with Crippen molar-refractivity contribution in [3.8, 4) is 22.6 Å². The summed E-state index contributed by atoms with van der Waals surface area (Å²) < 4.78 is 57.4. The van der Waals surface area contributed by atoms with Gasteiger partial charge >= 0.3 is 0 Å². The van der Waals surface area contributed by atoms with E-state index >= 15 is 4.39 Å². The zero-order valence-electron chi connectivity index (χ0n) is 19.0. The summed E-state index contributed by atoms with van der Waals surface area (Å²) in [7, 11) is 0. The van der Waals surface area contributed by atoms with E-state index in [1.54, 1.807) is 6.20 Å². The molecule has 2 bridgehead atoms. The number of rotatable bonds is 4. The molecule has 0 saturated heterocycles. The zero-order valence-corrected chi connectivity index (χ0v) is 19.0. The topological polar surface area (TPSA) is 66.5 Å². The molecule has 2 N–H and O–H groups in total. The van der Waals surface area contributed by atoms with Gasteiger partial charge in [-0.05, 0) is 67.7 Å². The highest BCUT2D eigenvalue weighted by molar-refractivity contribution is 5.92. The fourth-order valence-electron chi connectivity index (χ4n) is 5.82. The van der Waals surface area contributed by atoms with Crippen molar-refractivity contribution < 1.29 is 17.6 Å². The summed E-state index contributed by atoms with van der Waals surface area (Å²) >= 11 is 0. The first-order chi connectivity index (χ1) is 16.9. The van der Waals surface area contributed by atoms with Gasteiger partial charge in [0.2, 0.25) is 0 Å². The summed E-state index contributed by atoms with van der Waals surface area (Å²) in [5.74, 6) is -1.96. The first kappa shape index (κ1) is 22.0. The minimum atomic E-state index is -1.10. The second-order valence-corrected chi connectivity index (χ2v) is 9.64. The summed E-state index contributed by atoms with van der Waals surface area (Å²) in [6.45, 7) is 2.18. The Morgan fingerprint density at radius 3 is 2.46 bits per heavy atom. The normalized spacial score (nSPS) is 23.7. The first-order valence-corrected chi connectivity index (χ1v) is 11.8. The Bertz CT molecular complexity index is 1430. The number of nitrogens with one attached hydrogen (secondary N) is 2. The molecule has 0 radical (unpaired) electrons. The molecule has 3 aliphatic rings. The molecule has 3 fully saturated rings. The summed E-state index contributed by atoms with van der Waals surface area (Å²) in [6, 6.07) is 4.47. The number of pyridine rings is 1. The van der Waals surface area contributed by atoms with Crippen molar-refractivity contribution in [1.29, 1.82) is 0 Å². The molecule has 2 atom stereocenters. The molecule has 0 spiro atoms. The van der Waals surface area contributed by atoms with Crippen LogP contribution in [0.3, 0.4) is 0 Å². The average molecular weight is 481 g/mol. The fourth-order valence-corrected chi connectivity index (χ4v) is 5.82. The summed E-state index contributed by atoms with van der Waals surface area (Å²) in [6.07, 6.45) is 7.18. The predicted octanol–water partition coefficient (Wildman–Crippen LogP) is 6.48. The lowest BCUT2D eigenvalue weighted by molar-refractivity contribution is 0.0926. The van der Waals surface area contributed by atoms with Crippen molar-refractivity contribution in [3.63, 3.8) is 0 Å². The maximum atomic E-state index is 15.8. The molecule has 4 aromatic rings. The monoisotopic (exact) mass is 481 g/mol. The minimum absolute atomic E-state index is 0.00199. The number of anilines is 1. The van der Waals surface area contributed by atoms with Gasteiger partial charge in [-0.15, -0.1) is 0 Å². The van der Waals surface area contributed by atoms with Gasteiger partial charge in [0.05, 0.1) is 6.20 Å². The first-order valence-electron chi connectivity index (χ1n) is 11.8. The lowest BCUT2D eigenvalue weighted by atomic mass is 9.62. The Labute approximate surface area is 199 Å². The Balaban J connectivity index is 1.51. The third-order valence-corrected chi connectivity index (χ3v) is 7.72. The molecular formula is C26H23F4N5. The van der Waals surface area contributed by atoms with Crippen LogP contribution in [0.4, 0.5) is 23.4 Å². The van der Waals surface area contributed by atoms with E-state index < -0.39 is 23.3 Å². The molecule has 3 aromatic heterocycles. The number of fused-ring (bicyclic) bond motifs is 4. The maximum Gasteiger partial charge on any atom is 0.191 e. The standard InChI is InChI=1S/C26H23F4N5/c1-12-13-2-4-14(5-3-13)22(12)33-26-21(30)23(15-6-7-19(28)20(29)8-15)34-25(35-26)18-11-32-24-17(18)9-16(27)10-31-24/h6-14,22H,2-5H2,1H3,(H,31,32)(H,33,34,35). The molecule has 0 aliphatic heterocycles. The Hall–Kier alpha value is -3.49. The lowest BCUT2D eigenvalue weighted by Crippen LogP contribution is -2.47. The van der Waals surface area contributed by atoms with Crippen LogP contribution in [0.5, 0.6) is 0 Å². The van der Waals surface area contributed by atoms with Gasteiger partial charge in [0.25, 0.3) is 0 Å². The number of halogens is 4. The molecule has 5 nitrogen and oxygen atoms in total. The van der Waals surface area contributed by atoms with E-state index in [-0.39, 0.29) is 28.9 Å². The average Bonchev–Trinajstić information content (AvgIpc) is 3.27. The van der Waals surface area contributed by atoms with Crippen LogP contribution in [-0.2, 0) is 0 Å². The molecule has 3 heterocycles. The van der Waals surface area contributed by atoms with Crippen molar-refractivity contribution in [2.24, 2.45) is 17.8 Å². The maximum absolute atomic E-state index is 15.8. The number of aromatic amines is 1. The van der Waals surface area contributed by atoms with Crippen LogP contribution in [-0.4, -0.2) is 26.0 Å². The predicted molar refractivity (Wildman–Crippen MR) is 124 cm³/mol. The highest BCUT2D eigenvalue weighted by atomic mass is 19.2. The van der Waals surface area contributed by atoms with Gasteiger partial charge < -0.3 is 10.3 Å². The molecule has 1 aromatic carbocycles. The third kappa shape index (κ3) is 3.73. The largest absolute Gasteiger partial charge is 0.364 e. The van der Waals surface area contributed by atoms with Gasteiger partial charge in [0, 0.05) is 28.8 Å². The number of aromatic nitrogens is 4. The van der Waals surface area contributed by atoms with Crippen molar-refractivity contribution in [3.05, 3.63) is 59.9 Å². The Kier molecular flexibility index (Phi) is 5.23. The molecule has 0 amide bonds. The van der Waals surface area contributed by atoms with E-state index in [1.807, 2.05) is 0 Å². The van der Waals surface area contributed by atoms with Crippen molar-refractivity contribution in [2.75, 3.05) is 5.32 Å². The van der Waals surface area contributed by atoms with Crippen LogP contribution >= 0.6 is 0 Å². The number of hydrogen-bond acceptors (Lipinski definition) is 4. The van der Waals surface area contributed by atoms with Gasteiger partial charge in [-0.2, -0.15) is 0 Å². The zero-order chi connectivity index (χ0) is 24.3. The number of benzene rings is 1. The van der Waals surface area contributed by atoms with Crippen LogP contribution in [0.25, 0.3) is 33.7 Å². The smallest absolute Gasteiger partial charge is 0.191 e. The number of hydrogen-bond donors (Lipinski definition) is 2. The summed E-state index contributed by atoms with van der Waals surface area (Å²) in [5.41, 5.74) is 0.771. The van der Waals surface area contributed by atoms with E-state index in [1.165, 1.54) is 25.0 Å². The van der Waals surface area contributed by atoms with E-state index in [2.05, 4.69) is 32.2 Å². The SMILES string of the molecule is CC1C2CCC(CC2)C1Nc1nc(-c2c[nH]c3ncc(F)cc23)nc(-c2ccc(F)c(F)c2)c1F. The third-order valence-electron chi connectivity index (χ3n) is 7.72. The van der Waals surface area contributed by atoms with Crippen LogP contribution in [0, 0.1) is 41.0 Å².